The van der Waals surface area contributed by atoms with Crippen LogP contribution in [0.5, 0.6) is 0 Å². The summed E-state index contributed by atoms with van der Waals surface area (Å²) >= 11 is 0. The Balaban J connectivity index is 1.94. The zero-order valence-corrected chi connectivity index (χ0v) is 11.5. The molecule has 2 aliphatic carbocycles. The maximum absolute atomic E-state index is 5.88. The first-order chi connectivity index (χ1) is 8.30. The van der Waals surface area contributed by atoms with Gasteiger partial charge in [-0.1, -0.05) is 51.9 Å². The third kappa shape index (κ3) is 3.03. The van der Waals surface area contributed by atoms with E-state index in [1.807, 2.05) is 0 Å². The van der Waals surface area contributed by atoms with Crippen molar-refractivity contribution in [3.8, 4) is 0 Å². The number of nitrogens with one attached hydrogen (secondary N) is 1. The van der Waals surface area contributed by atoms with E-state index in [-0.39, 0.29) is 0 Å². The Morgan fingerprint density at radius 1 is 1.12 bits per heavy atom. The molecule has 2 rings (SSSR count). The number of nitrogens with two attached hydrogens (primary N) is 1. The molecule has 0 saturated heterocycles. The molecule has 0 amide bonds. The van der Waals surface area contributed by atoms with Gasteiger partial charge in [0.05, 0.1) is 0 Å². The Kier molecular flexibility index (Phi) is 4.87. The average Bonchev–Trinajstić information content (AvgIpc) is 2.87. The van der Waals surface area contributed by atoms with Crippen LogP contribution in [0.25, 0.3) is 0 Å². The van der Waals surface area contributed by atoms with Crippen molar-refractivity contribution in [2.24, 2.45) is 17.2 Å². The number of hydrazine groups is 1. The third-order valence-corrected chi connectivity index (χ3v) is 5.54. The van der Waals surface area contributed by atoms with Gasteiger partial charge in [-0.05, 0) is 37.0 Å². The molecule has 0 aliphatic heterocycles. The predicted molar refractivity (Wildman–Crippen MR) is 73.5 cm³/mol. The maximum Gasteiger partial charge on any atom is 0.0269 e. The van der Waals surface area contributed by atoms with Gasteiger partial charge in [0.2, 0.25) is 0 Å². The Labute approximate surface area is 107 Å². The lowest BCUT2D eigenvalue weighted by molar-refractivity contribution is 0.148. The van der Waals surface area contributed by atoms with Gasteiger partial charge in [-0.25, -0.2) is 0 Å². The van der Waals surface area contributed by atoms with Crippen LogP contribution in [0.1, 0.15) is 77.6 Å². The zero-order valence-electron chi connectivity index (χ0n) is 11.5. The lowest BCUT2D eigenvalue weighted by atomic mass is 9.71. The second kappa shape index (κ2) is 6.19. The minimum atomic E-state index is 0.520. The Morgan fingerprint density at radius 3 is 2.29 bits per heavy atom. The topological polar surface area (TPSA) is 38.0 Å². The van der Waals surface area contributed by atoms with E-state index in [4.69, 9.17) is 5.84 Å². The van der Waals surface area contributed by atoms with Gasteiger partial charge < -0.3 is 0 Å². The molecular formula is C15H30N2. The maximum atomic E-state index is 5.88. The standard InChI is InChI=1S/C15H30N2/c1-2-15(10-6-7-11-15)14(17-16)12-13-8-4-3-5-9-13/h13-14,17H,2-12,16H2,1H3. The molecule has 0 aromatic rings. The van der Waals surface area contributed by atoms with Gasteiger partial charge in [0.25, 0.3) is 0 Å². The van der Waals surface area contributed by atoms with Gasteiger partial charge in [-0.15, -0.1) is 0 Å². The zero-order chi connectivity index (χ0) is 12.1. The first kappa shape index (κ1) is 13.4. The van der Waals surface area contributed by atoms with Gasteiger partial charge in [-0.2, -0.15) is 0 Å². The number of hydrogen-bond acceptors (Lipinski definition) is 2. The summed E-state index contributed by atoms with van der Waals surface area (Å²) in [5.41, 5.74) is 3.70. The fraction of sp³-hybridized carbons (Fsp3) is 1.00. The van der Waals surface area contributed by atoms with E-state index < -0.39 is 0 Å². The lowest BCUT2D eigenvalue weighted by Gasteiger charge is -2.39. The van der Waals surface area contributed by atoms with Crippen molar-refractivity contribution in [3.63, 3.8) is 0 Å². The van der Waals surface area contributed by atoms with E-state index >= 15 is 0 Å². The van der Waals surface area contributed by atoms with Crippen molar-refractivity contribution in [2.75, 3.05) is 0 Å². The van der Waals surface area contributed by atoms with Gasteiger partial charge >= 0.3 is 0 Å². The third-order valence-electron chi connectivity index (χ3n) is 5.54. The van der Waals surface area contributed by atoms with E-state index in [0.29, 0.717) is 11.5 Å². The molecule has 1 atom stereocenters. The molecule has 0 aromatic carbocycles. The molecule has 2 aliphatic rings. The summed E-state index contributed by atoms with van der Waals surface area (Å²) < 4.78 is 0. The van der Waals surface area contributed by atoms with Crippen LogP contribution in [0.3, 0.4) is 0 Å². The van der Waals surface area contributed by atoms with E-state index in [0.717, 1.165) is 5.92 Å². The van der Waals surface area contributed by atoms with Gasteiger partial charge in [0, 0.05) is 6.04 Å². The predicted octanol–water partition coefficient (Wildman–Crippen LogP) is 3.76. The molecule has 1 unspecified atom stereocenters. The number of hydrogen-bond donors (Lipinski definition) is 2. The van der Waals surface area contributed by atoms with E-state index in [1.165, 1.54) is 70.6 Å². The number of rotatable bonds is 5. The van der Waals surface area contributed by atoms with Gasteiger partial charge in [-0.3, -0.25) is 11.3 Å². The smallest absolute Gasteiger partial charge is 0.0269 e. The highest BCUT2D eigenvalue weighted by Crippen LogP contribution is 2.46. The summed E-state index contributed by atoms with van der Waals surface area (Å²) in [6.45, 7) is 2.36. The molecule has 0 spiro atoms. The fourth-order valence-electron chi connectivity index (χ4n) is 4.28. The summed E-state index contributed by atoms with van der Waals surface area (Å²) in [4.78, 5) is 0. The van der Waals surface area contributed by atoms with Gasteiger partial charge in [0.1, 0.15) is 0 Å². The van der Waals surface area contributed by atoms with Crippen molar-refractivity contribution in [2.45, 2.75) is 83.6 Å². The fourth-order valence-corrected chi connectivity index (χ4v) is 4.28. The summed E-state index contributed by atoms with van der Waals surface area (Å²) in [5.74, 6) is 6.82. The van der Waals surface area contributed by atoms with Crippen LogP contribution in [0, 0.1) is 11.3 Å². The Bertz CT molecular complexity index is 215. The SMILES string of the molecule is CCC1(C(CC2CCCCC2)NN)CCCC1. The molecule has 0 heterocycles. The van der Waals surface area contributed by atoms with E-state index in [2.05, 4.69) is 12.3 Å². The van der Waals surface area contributed by atoms with Crippen molar-refractivity contribution in [1.82, 2.24) is 5.43 Å². The molecular weight excluding hydrogens is 208 g/mol. The molecule has 3 N–H and O–H groups in total. The monoisotopic (exact) mass is 238 g/mol. The molecule has 0 aromatic heterocycles. The molecule has 17 heavy (non-hydrogen) atoms. The summed E-state index contributed by atoms with van der Waals surface area (Å²) in [6.07, 6.45) is 15.5. The minimum Gasteiger partial charge on any atom is -0.271 e. The Hall–Kier alpha value is -0.0800. The van der Waals surface area contributed by atoms with E-state index in [9.17, 15) is 0 Å². The average molecular weight is 238 g/mol. The quantitative estimate of drug-likeness (QED) is 0.565. The highest BCUT2D eigenvalue weighted by molar-refractivity contribution is 4.94. The van der Waals surface area contributed by atoms with Crippen LogP contribution in [-0.4, -0.2) is 6.04 Å². The Morgan fingerprint density at radius 2 is 1.76 bits per heavy atom. The largest absolute Gasteiger partial charge is 0.271 e. The molecule has 100 valence electrons. The van der Waals surface area contributed by atoms with Crippen LogP contribution in [0.2, 0.25) is 0 Å². The first-order valence-electron chi connectivity index (χ1n) is 7.77. The first-order valence-corrected chi connectivity index (χ1v) is 7.77. The van der Waals surface area contributed by atoms with Crippen molar-refractivity contribution >= 4 is 0 Å². The van der Waals surface area contributed by atoms with Crippen molar-refractivity contribution < 1.29 is 0 Å². The van der Waals surface area contributed by atoms with Crippen molar-refractivity contribution in [3.05, 3.63) is 0 Å². The van der Waals surface area contributed by atoms with Crippen molar-refractivity contribution in [1.29, 1.82) is 0 Å². The highest BCUT2D eigenvalue weighted by Gasteiger charge is 2.40. The molecule has 2 saturated carbocycles. The molecule has 0 bridgehead atoms. The van der Waals surface area contributed by atoms with Crippen LogP contribution < -0.4 is 11.3 Å². The molecule has 2 nitrogen and oxygen atoms in total. The summed E-state index contributed by atoms with van der Waals surface area (Å²) in [5, 5.41) is 0. The van der Waals surface area contributed by atoms with E-state index in [1.54, 1.807) is 0 Å². The molecule has 2 fully saturated rings. The molecule has 0 radical (unpaired) electrons. The van der Waals surface area contributed by atoms with Gasteiger partial charge in [0.15, 0.2) is 0 Å². The van der Waals surface area contributed by atoms with Crippen LogP contribution in [-0.2, 0) is 0 Å². The van der Waals surface area contributed by atoms with Crippen LogP contribution in [0.4, 0.5) is 0 Å². The normalized spacial score (nSPS) is 27.2. The summed E-state index contributed by atoms with van der Waals surface area (Å²) in [6, 6.07) is 0.568. The lowest BCUT2D eigenvalue weighted by Crippen LogP contribution is -2.48. The minimum absolute atomic E-state index is 0.520. The second-order valence-corrected chi connectivity index (χ2v) is 6.38. The van der Waals surface area contributed by atoms with Crippen LogP contribution in [0.15, 0.2) is 0 Å². The highest BCUT2D eigenvalue weighted by atomic mass is 15.2. The second-order valence-electron chi connectivity index (χ2n) is 6.38. The summed E-state index contributed by atoms with van der Waals surface area (Å²) in [7, 11) is 0. The molecule has 2 heteroatoms. The van der Waals surface area contributed by atoms with Crippen LogP contribution >= 0.6 is 0 Å².